The van der Waals surface area contributed by atoms with Gasteiger partial charge in [0.25, 0.3) is 0 Å². The lowest BCUT2D eigenvalue weighted by Gasteiger charge is -2.39. The molecule has 0 radical (unpaired) electrons. The van der Waals surface area contributed by atoms with Crippen LogP contribution < -0.4 is 0 Å². The van der Waals surface area contributed by atoms with Crippen molar-refractivity contribution in [2.45, 2.75) is 50.5 Å². The molecule has 1 aliphatic heterocycles. The number of ether oxygens (including phenoxy) is 2. The number of aliphatic hydroxyl groups excluding tert-OH is 4. The molecule has 1 saturated heterocycles. The van der Waals surface area contributed by atoms with Crippen molar-refractivity contribution in [3.05, 3.63) is 0 Å². The van der Waals surface area contributed by atoms with Crippen molar-refractivity contribution in [2.75, 3.05) is 13.2 Å². The third-order valence-corrected chi connectivity index (χ3v) is 2.63. The van der Waals surface area contributed by atoms with E-state index in [1.807, 2.05) is 6.92 Å². The first-order valence-corrected chi connectivity index (χ1v) is 5.54. The molecule has 6 nitrogen and oxygen atoms in total. The molecule has 1 fully saturated rings. The van der Waals surface area contributed by atoms with Gasteiger partial charge in [-0.1, -0.05) is 13.3 Å². The van der Waals surface area contributed by atoms with Crippen molar-refractivity contribution in [1.82, 2.24) is 0 Å². The molecule has 0 aliphatic carbocycles. The van der Waals surface area contributed by atoms with Gasteiger partial charge in [-0.15, -0.1) is 0 Å². The fourth-order valence-corrected chi connectivity index (χ4v) is 1.55. The van der Waals surface area contributed by atoms with Crippen molar-refractivity contribution in [3.63, 3.8) is 0 Å². The predicted molar refractivity (Wildman–Crippen MR) is 54.6 cm³/mol. The van der Waals surface area contributed by atoms with Crippen LogP contribution in [0.4, 0.5) is 0 Å². The maximum atomic E-state index is 9.58. The van der Waals surface area contributed by atoms with Crippen LogP contribution in [0.25, 0.3) is 0 Å². The minimum absolute atomic E-state index is 0.402. The summed E-state index contributed by atoms with van der Waals surface area (Å²) in [6, 6.07) is 0. The average Bonchev–Trinajstić information content (AvgIpc) is 2.29. The molecule has 0 saturated carbocycles. The van der Waals surface area contributed by atoms with Crippen LogP contribution in [-0.2, 0) is 9.47 Å². The molecule has 1 heterocycles. The highest BCUT2D eigenvalue weighted by atomic mass is 16.7. The van der Waals surface area contributed by atoms with Crippen molar-refractivity contribution >= 4 is 0 Å². The van der Waals surface area contributed by atoms with Gasteiger partial charge in [0.05, 0.1) is 6.61 Å². The molecule has 0 amide bonds. The Labute approximate surface area is 94.4 Å². The lowest BCUT2D eigenvalue weighted by atomic mass is 9.99. The Hall–Kier alpha value is -0.240. The minimum atomic E-state index is -1.36. The second-order valence-electron chi connectivity index (χ2n) is 3.92. The highest BCUT2D eigenvalue weighted by Crippen LogP contribution is 2.21. The van der Waals surface area contributed by atoms with Gasteiger partial charge < -0.3 is 29.9 Å². The van der Waals surface area contributed by atoms with Crippen molar-refractivity contribution in [3.8, 4) is 0 Å². The summed E-state index contributed by atoms with van der Waals surface area (Å²) in [5.74, 6) is 0. The second kappa shape index (κ2) is 6.48. The monoisotopic (exact) mass is 236 g/mol. The summed E-state index contributed by atoms with van der Waals surface area (Å²) >= 11 is 0. The lowest BCUT2D eigenvalue weighted by Crippen LogP contribution is -2.59. The Morgan fingerprint density at radius 3 is 2.38 bits per heavy atom. The van der Waals surface area contributed by atoms with Gasteiger partial charge in [-0.2, -0.15) is 0 Å². The molecule has 16 heavy (non-hydrogen) atoms. The number of rotatable bonds is 5. The Bertz CT molecular complexity index is 198. The van der Waals surface area contributed by atoms with E-state index < -0.39 is 37.3 Å². The molecule has 0 aromatic carbocycles. The quantitative estimate of drug-likeness (QED) is 0.438. The average molecular weight is 236 g/mol. The van der Waals surface area contributed by atoms with E-state index in [1.54, 1.807) is 0 Å². The van der Waals surface area contributed by atoms with Crippen LogP contribution in [0.3, 0.4) is 0 Å². The van der Waals surface area contributed by atoms with Gasteiger partial charge in [0, 0.05) is 6.61 Å². The molecule has 0 aromatic rings. The van der Waals surface area contributed by atoms with Crippen LogP contribution in [-0.4, -0.2) is 64.3 Å². The van der Waals surface area contributed by atoms with Crippen LogP contribution in [0.5, 0.6) is 0 Å². The van der Waals surface area contributed by atoms with Gasteiger partial charge in [-0.3, -0.25) is 0 Å². The minimum Gasteiger partial charge on any atom is -0.394 e. The van der Waals surface area contributed by atoms with Crippen molar-refractivity contribution in [1.29, 1.82) is 0 Å². The van der Waals surface area contributed by atoms with Gasteiger partial charge in [-0.05, 0) is 6.42 Å². The Morgan fingerprint density at radius 1 is 1.12 bits per heavy atom. The smallest absolute Gasteiger partial charge is 0.186 e. The Balaban J connectivity index is 2.50. The normalized spacial score (nSPS) is 39.9. The lowest BCUT2D eigenvalue weighted by molar-refractivity contribution is -0.301. The molecule has 96 valence electrons. The molecule has 0 spiro atoms. The summed E-state index contributed by atoms with van der Waals surface area (Å²) in [4.78, 5) is 0. The summed E-state index contributed by atoms with van der Waals surface area (Å²) in [5, 5.41) is 37.5. The summed E-state index contributed by atoms with van der Waals surface area (Å²) in [6.45, 7) is 1.97. The summed E-state index contributed by atoms with van der Waals surface area (Å²) in [6.07, 6.45) is -4.13. The van der Waals surface area contributed by atoms with E-state index in [0.717, 1.165) is 12.8 Å². The molecule has 0 unspecified atom stereocenters. The standard InChI is InChI=1S/C10H20O6/c1-2-3-4-15-10-9(14)8(13)7(12)6(5-11)16-10/h6-14H,2-5H2,1H3/t6-,7+,8-,9+,10+/m1/s1. The maximum absolute atomic E-state index is 9.58. The zero-order chi connectivity index (χ0) is 12.1. The second-order valence-corrected chi connectivity index (χ2v) is 3.92. The van der Waals surface area contributed by atoms with Gasteiger partial charge in [-0.25, -0.2) is 0 Å². The Kier molecular flexibility index (Phi) is 5.60. The van der Waals surface area contributed by atoms with Gasteiger partial charge in [0.2, 0.25) is 0 Å². The number of hydrogen-bond acceptors (Lipinski definition) is 6. The van der Waals surface area contributed by atoms with Crippen LogP contribution in [0, 0.1) is 0 Å². The van der Waals surface area contributed by atoms with Gasteiger partial charge >= 0.3 is 0 Å². The molecule has 6 heteroatoms. The van der Waals surface area contributed by atoms with Crippen molar-refractivity contribution < 1.29 is 29.9 Å². The molecular weight excluding hydrogens is 216 g/mol. The van der Waals surface area contributed by atoms with Crippen LogP contribution >= 0.6 is 0 Å². The zero-order valence-electron chi connectivity index (χ0n) is 9.32. The molecule has 1 rings (SSSR count). The highest BCUT2D eigenvalue weighted by molar-refractivity contribution is 4.88. The van der Waals surface area contributed by atoms with E-state index in [4.69, 9.17) is 14.6 Å². The molecule has 4 N–H and O–H groups in total. The number of unbranched alkanes of at least 4 members (excludes halogenated alkanes) is 1. The van der Waals surface area contributed by atoms with E-state index in [9.17, 15) is 15.3 Å². The van der Waals surface area contributed by atoms with E-state index in [2.05, 4.69) is 0 Å². The summed E-state index contributed by atoms with van der Waals surface area (Å²) in [7, 11) is 0. The zero-order valence-corrected chi connectivity index (χ0v) is 9.32. The first kappa shape index (κ1) is 13.8. The first-order chi connectivity index (χ1) is 7.61. The third kappa shape index (κ3) is 3.13. The van der Waals surface area contributed by atoms with Crippen LogP contribution in [0.2, 0.25) is 0 Å². The first-order valence-electron chi connectivity index (χ1n) is 5.54. The largest absolute Gasteiger partial charge is 0.394 e. The highest BCUT2D eigenvalue weighted by Gasteiger charge is 2.43. The fourth-order valence-electron chi connectivity index (χ4n) is 1.55. The van der Waals surface area contributed by atoms with E-state index in [-0.39, 0.29) is 0 Å². The van der Waals surface area contributed by atoms with Crippen LogP contribution in [0.15, 0.2) is 0 Å². The molecule has 0 aromatic heterocycles. The maximum Gasteiger partial charge on any atom is 0.186 e. The van der Waals surface area contributed by atoms with Crippen molar-refractivity contribution in [2.24, 2.45) is 0 Å². The number of hydrogen-bond donors (Lipinski definition) is 4. The van der Waals surface area contributed by atoms with E-state index in [0.29, 0.717) is 6.61 Å². The summed E-state index contributed by atoms with van der Waals surface area (Å²) < 4.78 is 10.4. The van der Waals surface area contributed by atoms with E-state index >= 15 is 0 Å². The van der Waals surface area contributed by atoms with Gasteiger partial charge in [0.1, 0.15) is 24.4 Å². The predicted octanol–water partition coefficient (Wildman–Crippen LogP) is -1.40. The van der Waals surface area contributed by atoms with E-state index in [1.165, 1.54) is 0 Å². The molecule has 1 aliphatic rings. The Morgan fingerprint density at radius 2 is 1.81 bits per heavy atom. The molecule has 5 atom stereocenters. The van der Waals surface area contributed by atoms with Crippen LogP contribution in [0.1, 0.15) is 19.8 Å². The number of aliphatic hydroxyl groups is 4. The molecule has 0 bridgehead atoms. The third-order valence-electron chi connectivity index (χ3n) is 2.63. The fraction of sp³-hybridized carbons (Fsp3) is 1.00. The van der Waals surface area contributed by atoms with Gasteiger partial charge in [0.15, 0.2) is 6.29 Å². The summed E-state index contributed by atoms with van der Waals surface area (Å²) in [5.41, 5.74) is 0. The topological polar surface area (TPSA) is 99.4 Å². The SMILES string of the molecule is CCCCO[C@H]1O[C@H](CO)[C@H](O)[C@@H](O)[C@@H]1O. The molecular formula is C10H20O6.